The SMILES string of the molecule is COc1ccccc1C(F)(F)CON. The van der Waals surface area contributed by atoms with Gasteiger partial charge >= 0.3 is 5.92 Å². The summed E-state index contributed by atoms with van der Waals surface area (Å²) >= 11 is 0. The molecule has 2 N–H and O–H groups in total. The lowest BCUT2D eigenvalue weighted by Gasteiger charge is -2.17. The molecule has 0 bridgehead atoms. The Bertz CT molecular complexity index is 305. The molecule has 14 heavy (non-hydrogen) atoms. The lowest BCUT2D eigenvalue weighted by molar-refractivity contribution is -0.0849. The zero-order valence-corrected chi connectivity index (χ0v) is 7.67. The maximum atomic E-state index is 13.3. The molecule has 0 atom stereocenters. The Kier molecular flexibility index (Phi) is 3.38. The van der Waals surface area contributed by atoms with Crippen LogP contribution in [0.1, 0.15) is 5.56 Å². The molecule has 1 aromatic rings. The zero-order chi connectivity index (χ0) is 10.6. The number of hydrogen-bond acceptors (Lipinski definition) is 3. The van der Waals surface area contributed by atoms with Gasteiger partial charge in [-0.05, 0) is 12.1 Å². The average molecular weight is 203 g/mol. The van der Waals surface area contributed by atoms with Gasteiger partial charge in [-0.2, -0.15) is 8.78 Å². The molecule has 0 saturated heterocycles. The first-order chi connectivity index (χ1) is 6.61. The van der Waals surface area contributed by atoms with E-state index in [9.17, 15) is 8.78 Å². The van der Waals surface area contributed by atoms with Crippen molar-refractivity contribution in [2.24, 2.45) is 5.90 Å². The first kappa shape index (κ1) is 10.9. The van der Waals surface area contributed by atoms with E-state index in [1.807, 2.05) is 0 Å². The van der Waals surface area contributed by atoms with E-state index in [0.29, 0.717) is 0 Å². The average Bonchev–Trinajstić information content (AvgIpc) is 2.18. The van der Waals surface area contributed by atoms with Crippen molar-refractivity contribution in [3.05, 3.63) is 29.8 Å². The Morgan fingerprint density at radius 1 is 1.36 bits per heavy atom. The van der Waals surface area contributed by atoms with Crippen LogP contribution < -0.4 is 10.6 Å². The van der Waals surface area contributed by atoms with Gasteiger partial charge in [-0.1, -0.05) is 12.1 Å². The summed E-state index contributed by atoms with van der Waals surface area (Å²) in [6, 6.07) is 5.85. The highest BCUT2D eigenvalue weighted by Gasteiger charge is 2.34. The number of methoxy groups -OCH3 is 1. The lowest BCUT2D eigenvalue weighted by Crippen LogP contribution is -2.23. The Morgan fingerprint density at radius 2 is 2.00 bits per heavy atom. The van der Waals surface area contributed by atoms with Gasteiger partial charge in [-0.25, -0.2) is 5.90 Å². The van der Waals surface area contributed by atoms with Crippen LogP contribution in [0.5, 0.6) is 5.75 Å². The maximum Gasteiger partial charge on any atom is 0.301 e. The van der Waals surface area contributed by atoms with Crippen LogP contribution in [0.3, 0.4) is 0 Å². The van der Waals surface area contributed by atoms with Gasteiger partial charge in [0.15, 0.2) is 0 Å². The summed E-state index contributed by atoms with van der Waals surface area (Å²) in [5.74, 6) is 1.61. The zero-order valence-electron chi connectivity index (χ0n) is 7.67. The first-order valence-corrected chi connectivity index (χ1v) is 3.95. The number of benzene rings is 1. The third-order valence-electron chi connectivity index (χ3n) is 1.77. The highest BCUT2D eigenvalue weighted by molar-refractivity contribution is 5.36. The van der Waals surface area contributed by atoms with Crippen molar-refractivity contribution in [2.45, 2.75) is 5.92 Å². The smallest absolute Gasteiger partial charge is 0.301 e. The van der Waals surface area contributed by atoms with E-state index >= 15 is 0 Å². The molecular formula is C9H11F2NO2. The molecule has 0 unspecified atom stereocenters. The summed E-state index contributed by atoms with van der Waals surface area (Å²) < 4.78 is 31.4. The molecule has 0 saturated carbocycles. The van der Waals surface area contributed by atoms with E-state index in [-0.39, 0.29) is 11.3 Å². The molecule has 78 valence electrons. The van der Waals surface area contributed by atoms with Crippen molar-refractivity contribution in [1.29, 1.82) is 0 Å². The van der Waals surface area contributed by atoms with Crippen molar-refractivity contribution in [3.8, 4) is 5.75 Å². The number of hydrogen-bond donors (Lipinski definition) is 1. The standard InChI is InChI=1S/C9H11F2NO2/c1-13-8-5-3-2-4-7(8)9(10,11)6-14-12/h2-5H,6,12H2,1H3. The molecular weight excluding hydrogens is 192 g/mol. The van der Waals surface area contributed by atoms with Crippen molar-refractivity contribution < 1.29 is 18.4 Å². The maximum absolute atomic E-state index is 13.3. The lowest BCUT2D eigenvalue weighted by atomic mass is 10.1. The van der Waals surface area contributed by atoms with Crippen molar-refractivity contribution in [3.63, 3.8) is 0 Å². The summed E-state index contributed by atoms with van der Waals surface area (Å²) in [4.78, 5) is 3.95. The second kappa shape index (κ2) is 4.34. The van der Waals surface area contributed by atoms with Gasteiger partial charge in [-0.3, -0.25) is 4.84 Å². The second-order valence-corrected chi connectivity index (χ2v) is 2.72. The second-order valence-electron chi connectivity index (χ2n) is 2.72. The minimum absolute atomic E-state index is 0.120. The van der Waals surface area contributed by atoms with Crippen LogP contribution in [0.15, 0.2) is 24.3 Å². The predicted octanol–water partition coefficient (Wildman–Crippen LogP) is 1.68. The summed E-state index contributed by atoms with van der Waals surface area (Å²) in [6.45, 7) is -0.868. The molecule has 0 aliphatic heterocycles. The number of rotatable bonds is 4. The highest BCUT2D eigenvalue weighted by Crippen LogP contribution is 2.34. The van der Waals surface area contributed by atoms with Gasteiger partial charge in [0.05, 0.1) is 12.7 Å². The normalized spacial score (nSPS) is 11.4. The predicted molar refractivity (Wildman–Crippen MR) is 47.0 cm³/mol. The van der Waals surface area contributed by atoms with Crippen LogP contribution in [-0.2, 0) is 10.8 Å². The Hall–Kier alpha value is -1.20. The quantitative estimate of drug-likeness (QED) is 0.757. The van der Waals surface area contributed by atoms with Gasteiger partial charge in [0.2, 0.25) is 0 Å². The Labute approximate surface area is 80.4 Å². The molecule has 3 nitrogen and oxygen atoms in total. The molecule has 5 heteroatoms. The summed E-state index contributed by atoms with van der Waals surface area (Å²) in [5, 5.41) is 0. The fourth-order valence-electron chi connectivity index (χ4n) is 1.13. The van der Waals surface area contributed by atoms with Crippen molar-refractivity contribution in [1.82, 2.24) is 0 Å². The minimum atomic E-state index is -3.14. The molecule has 0 aliphatic rings. The number of ether oxygens (including phenoxy) is 1. The molecule has 0 spiro atoms. The summed E-state index contributed by atoms with van der Waals surface area (Å²) in [6.07, 6.45) is 0. The number of nitrogens with two attached hydrogens (primary N) is 1. The Balaban J connectivity index is 3.04. The van der Waals surface area contributed by atoms with Crippen LogP contribution in [0.2, 0.25) is 0 Å². The fraction of sp³-hybridized carbons (Fsp3) is 0.333. The third kappa shape index (κ3) is 2.18. The minimum Gasteiger partial charge on any atom is -0.496 e. The van der Waals surface area contributed by atoms with E-state index in [1.54, 1.807) is 6.07 Å². The van der Waals surface area contributed by atoms with Gasteiger partial charge in [0.1, 0.15) is 12.4 Å². The first-order valence-electron chi connectivity index (χ1n) is 3.95. The largest absolute Gasteiger partial charge is 0.496 e. The van der Waals surface area contributed by atoms with Gasteiger partial charge in [-0.15, -0.1) is 0 Å². The Morgan fingerprint density at radius 3 is 2.57 bits per heavy atom. The van der Waals surface area contributed by atoms with E-state index in [1.165, 1.54) is 25.3 Å². The van der Waals surface area contributed by atoms with E-state index in [0.717, 1.165) is 0 Å². The molecule has 0 aliphatic carbocycles. The van der Waals surface area contributed by atoms with E-state index in [2.05, 4.69) is 10.7 Å². The summed E-state index contributed by atoms with van der Waals surface area (Å²) in [7, 11) is 1.33. The van der Waals surface area contributed by atoms with Crippen LogP contribution in [-0.4, -0.2) is 13.7 Å². The fourth-order valence-corrected chi connectivity index (χ4v) is 1.13. The number of halogens is 2. The molecule has 0 radical (unpaired) electrons. The van der Waals surface area contributed by atoms with E-state index in [4.69, 9.17) is 4.74 Å². The highest BCUT2D eigenvalue weighted by atomic mass is 19.3. The molecule has 0 heterocycles. The van der Waals surface area contributed by atoms with Crippen LogP contribution in [0, 0.1) is 0 Å². The summed E-state index contributed by atoms with van der Waals surface area (Å²) in [5.41, 5.74) is -0.229. The van der Waals surface area contributed by atoms with Crippen molar-refractivity contribution >= 4 is 0 Å². The van der Waals surface area contributed by atoms with E-state index < -0.39 is 12.5 Å². The molecule has 1 aromatic carbocycles. The molecule has 0 aromatic heterocycles. The van der Waals surface area contributed by atoms with Crippen molar-refractivity contribution in [2.75, 3.05) is 13.7 Å². The van der Waals surface area contributed by atoms with Gasteiger partial charge in [0, 0.05) is 0 Å². The third-order valence-corrected chi connectivity index (χ3v) is 1.77. The number of alkyl halides is 2. The molecule has 0 amide bonds. The molecule has 1 rings (SSSR count). The van der Waals surface area contributed by atoms with Gasteiger partial charge < -0.3 is 4.74 Å². The number of para-hydroxylation sites is 1. The van der Waals surface area contributed by atoms with Crippen LogP contribution in [0.25, 0.3) is 0 Å². The van der Waals surface area contributed by atoms with Crippen LogP contribution >= 0.6 is 0 Å². The molecule has 0 fully saturated rings. The monoisotopic (exact) mass is 203 g/mol. The van der Waals surface area contributed by atoms with Gasteiger partial charge in [0.25, 0.3) is 0 Å². The topological polar surface area (TPSA) is 44.5 Å². The van der Waals surface area contributed by atoms with Crippen LogP contribution in [0.4, 0.5) is 8.78 Å².